The third kappa shape index (κ3) is 3.40. The largest absolute Gasteiger partial charge is 0.268 e. The first kappa shape index (κ1) is 15.5. The highest BCUT2D eigenvalue weighted by molar-refractivity contribution is 7.91. The summed E-state index contributed by atoms with van der Waals surface area (Å²) in [5, 5.41) is 11.9. The van der Waals surface area contributed by atoms with Gasteiger partial charge in [-0.25, -0.2) is 13.4 Å². The van der Waals surface area contributed by atoms with Crippen molar-refractivity contribution in [1.29, 1.82) is 5.26 Å². The first-order valence-electron chi connectivity index (χ1n) is 6.55. The molecule has 1 aromatic carbocycles. The molecule has 0 saturated carbocycles. The fourth-order valence-corrected chi connectivity index (χ4v) is 4.15. The van der Waals surface area contributed by atoms with E-state index >= 15 is 0 Å². The van der Waals surface area contributed by atoms with Crippen molar-refractivity contribution >= 4 is 15.7 Å². The molecule has 0 aliphatic carbocycles. The Hall–Kier alpha value is -1.91. The zero-order valence-electron chi connectivity index (χ0n) is 12.0. The van der Waals surface area contributed by atoms with Crippen LogP contribution >= 0.6 is 0 Å². The zero-order chi connectivity index (χ0) is 15.6. The van der Waals surface area contributed by atoms with Gasteiger partial charge in [-0.15, -0.1) is 0 Å². The summed E-state index contributed by atoms with van der Waals surface area (Å²) in [6, 6.07) is 7.98. The maximum atomic E-state index is 12.6. The first-order valence-corrected chi connectivity index (χ1v) is 8.37. The van der Waals surface area contributed by atoms with Crippen molar-refractivity contribution in [2.75, 3.05) is 25.6 Å². The van der Waals surface area contributed by atoms with Crippen LogP contribution in [-0.4, -0.2) is 56.0 Å². The summed E-state index contributed by atoms with van der Waals surface area (Å²) in [4.78, 5) is 12.6. The van der Waals surface area contributed by atoms with Crippen LogP contribution in [0, 0.1) is 11.3 Å². The third-order valence-electron chi connectivity index (χ3n) is 3.45. The fourth-order valence-electron chi connectivity index (χ4n) is 2.46. The smallest absolute Gasteiger partial charge is 0.268 e. The summed E-state index contributed by atoms with van der Waals surface area (Å²) in [7, 11) is 0.366. The third-order valence-corrected chi connectivity index (χ3v) is 5.20. The van der Waals surface area contributed by atoms with E-state index in [1.54, 1.807) is 43.4 Å². The van der Waals surface area contributed by atoms with Crippen LogP contribution in [0.25, 0.3) is 0 Å². The number of sulfone groups is 1. The number of carbonyl (C=O) groups excluding carboxylic acids is 1. The molecule has 1 saturated heterocycles. The van der Waals surface area contributed by atoms with E-state index in [9.17, 15) is 13.2 Å². The number of hydrazine groups is 1. The molecule has 0 radical (unpaired) electrons. The Bertz CT molecular complexity index is 674. The van der Waals surface area contributed by atoms with Crippen molar-refractivity contribution in [3.8, 4) is 6.07 Å². The molecule has 1 fully saturated rings. The van der Waals surface area contributed by atoms with Gasteiger partial charge < -0.3 is 0 Å². The van der Waals surface area contributed by atoms with Gasteiger partial charge in [0.25, 0.3) is 5.91 Å². The van der Waals surface area contributed by atoms with E-state index < -0.39 is 9.84 Å². The Labute approximate surface area is 124 Å². The first-order chi connectivity index (χ1) is 9.84. The lowest BCUT2D eigenvalue weighted by molar-refractivity contribution is 0.00101. The lowest BCUT2D eigenvalue weighted by Crippen LogP contribution is -2.49. The van der Waals surface area contributed by atoms with E-state index in [0.717, 1.165) is 0 Å². The number of rotatable bonds is 3. The van der Waals surface area contributed by atoms with Gasteiger partial charge in [0.2, 0.25) is 0 Å². The van der Waals surface area contributed by atoms with Crippen LogP contribution in [0.5, 0.6) is 0 Å². The second-order valence-corrected chi connectivity index (χ2v) is 7.47. The number of nitriles is 1. The SMILES string of the molecule is CN(C)N(C(=O)c1ccc(C#N)cc1)[C@H]1CCS(=O)(=O)C1. The van der Waals surface area contributed by atoms with Gasteiger partial charge in [0.1, 0.15) is 0 Å². The van der Waals surface area contributed by atoms with Crippen LogP contribution < -0.4 is 0 Å². The van der Waals surface area contributed by atoms with Crippen molar-refractivity contribution in [1.82, 2.24) is 10.0 Å². The summed E-state index contributed by atoms with van der Waals surface area (Å²) < 4.78 is 23.2. The van der Waals surface area contributed by atoms with Crippen molar-refractivity contribution in [2.24, 2.45) is 0 Å². The van der Waals surface area contributed by atoms with Crippen LogP contribution in [-0.2, 0) is 9.84 Å². The lowest BCUT2D eigenvalue weighted by Gasteiger charge is -2.33. The fraction of sp³-hybridized carbons (Fsp3) is 0.429. The minimum atomic E-state index is -3.06. The highest BCUT2D eigenvalue weighted by Gasteiger charge is 2.36. The molecule has 0 aromatic heterocycles. The predicted octanol–water partition coefficient (Wildman–Crippen LogP) is 0.664. The second-order valence-electron chi connectivity index (χ2n) is 5.24. The number of nitrogens with zero attached hydrogens (tertiary/aromatic N) is 3. The molecular formula is C14H17N3O3S. The molecule has 1 amide bonds. The summed E-state index contributed by atoms with van der Waals surface area (Å²) in [5.74, 6) is -0.151. The van der Waals surface area contributed by atoms with Gasteiger partial charge in [-0.1, -0.05) is 0 Å². The molecule has 21 heavy (non-hydrogen) atoms. The van der Waals surface area contributed by atoms with Gasteiger partial charge in [-0.3, -0.25) is 9.80 Å². The van der Waals surface area contributed by atoms with Crippen LogP contribution in [0.15, 0.2) is 24.3 Å². The Morgan fingerprint density at radius 1 is 1.29 bits per heavy atom. The molecule has 1 atom stereocenters. The predicted molar refractivity (Wildman–Crippen MR) is 78.1 cm³/mol. The summed E-state index contributed by atoms with van der Waals surface area (Å²) in [6.07, 6.45) is 0.447. The quantitative estimate of drug-likeness (QED) is 0.766. The minimum Gasteiger partial charge on any atom is -0.268 e. The molecule has 112 valence electrons. The molecule has 1 heterocycles. The Morgan fingerprint density at radius 3 is 2.33 bits per heavy atom. The summed E-state index contributed by atoms with van der Waals surface area (Å²) in [5.41, 5.74) is 0.915. The lowest BCUT2D eigenvalue weighted by atomic mass is 10.1. The molecule has 0 N–H and O–H groups in total. The van der Waals surface area contributed by atoms with E-state index in [-0.39, 0.29) is 23.5 Å². The Kier molecular flexibility index (Phi) is 4.30. The highest BCUT2D eigenvalue weighted by Crippen LogP contribution is 2.21. The van der Waals surface area contributed by atoms with Crippen LogP contribution in [0.3, 0.4) is 0 Å². The van der Waals surface area contributed by atoms with Gasteiger partial charge in [0, 0.05) is 19.7 Å². The van der Waals surface area contributed by atoms with E-state index in [1.807, 2.05) is 6.07 Å². The van der Waals surface area contributed by atoms with Crippen LogP contribution in [0.2, 0.25) is 0 Å². The van der Waals surface area contributed by atoms with Gasteiger partial charge in [-0.05, 0) is 30.7 Å². The second kappa shape index (κ2) is 5.84. The van der Waals surface area contributed by atoms with E-state index in [2.05, 4.69) is 0 Å². The molecule has 7 heteroatoms. The molecule has 0 unspecified atom stereocenters. The molecule has 1 aliphatic heterocycles. The van der Waals surface area contributed by atoms with Gasteiger partial charge in [0.15, 0.2) is 9.84 Å². The number of amides is 1. The van der Waals surface area contributed by atoms with Crippen LogP contribution in [0.4, 0.5) is 0 Å². The monoisotopic (exact) mass is 307 g/mol. The minimum absolute atomic E-state index is 0.00675. The molecule has 1 aliphatic rings. The molecule has 0 spiro atoms. The van der Waals surface area contributed by atoms with Gasteiger partial charge in [-0.2, -0.15) is 5.26 Å². The van der Waals surface area contributed by atoms with E-state index in [1.165, 1.54) is 5.01 Å². The van der Waals surface area contributed by atoms with Crippen molar-refractivity contribution in [2.45, 2.75) is 12.5 Å². The number of benzene rings is 1. The van der Waals surface area contributed by atoms with Crippen molar-refractivity contribution in [3.05, 3.63) is 35.4 Å². The number of hydrogen-bond donors (Lipinski definition) is 0. The standard InChI is InChI=1S/C14H17N3O3S/c1-16(2)17(13-7-8-21(19,20)10-13)14(18)12-5-3-11(9-15)4-6-12/h3-6,13H,7-8,10H2,1-2H3/t13-/m0/s1. The maximum Gasteiger partial charge on any atom is 0.268 e. The Morgan fingerprint density at radius 2 is 1.90 bits per heavy atom. The molecular weight excluding hydrogens is 290 g/mol. The normalized spacial score (nSPS) is 20.2. The van der Waals surface area contributed by atoms with E-state index in [4.69, 9.17) is 5.26 Å². The number of hydrogen-bond acceptors (Lipinski definition) is 5. The number of carbonyl (C=O) groups is 1. The van der Waals surface area contributed by atoms with E-state index in [0.29, 0.717) is 17.5 Å². The topological polar surface area (TPSA) is 81.5 Å². The average Bonchev–Trinajstić information content (AvgIpc) is 2.78. The van der Waals surface area contributed by atoms with Crippen LogP contribution in [0.1, 0.15) is 22.3 Å². The molecule has 2 rings (SSSR count). The highest BCUT2D eigenvalue weighted by atomic mass is 32.2. The maximum absolute atomic E-state index is 12.6. The molecule has 1 aromatic rings. The zero-order valence-corrected chi connectivity index (χ0v) is 12.8. The van der Waals surface area contributed by atoms with Crippen molar-refractivity contribution in [3.63, 3.8) is 0 Å². The van der Waals surface area contributed by atoms with Gasteiger partial charge in [0.05, 0.1) is 29.2 Å². The van der Waals surface area contributed by atoms with Gasteiger partial charge >= 0.3 is 0 Å². The summed E-state index contributed by atoms with van der Waals surface area (Å²) >= 11 is 0. The molecule has 0 bridgehead atoms. The summed E-state index contributed by atoms with van der Waals surface area (Å²) in [6.45, 7) is 0. The molecule has 6 nitrogen and oxygen atoms in total. The average molecular weight is 307 g/mol. The van der Waals surface area contributed by atoms with Crippen molar-refractivity contribution < 1.29 is 13.2 Å². The Balaban J connectivity index is 2.26.